The van der Waals surface area contributed by atoms with Gasteiger partial charge in [0.15, 0.2) is 0 Å². The first kappa shape index (κ1) is 13.0. The Hall–Kier alpha value is -1.42. The third-order valence-electron chi connectivity index (χ3n) is 2.84. The largest absolute Gasteiger partial charge is 0.490 e. The van der Waals surface area contributed by atoms with E-state index in [1.165, 1.54) is 0 Å². The number of rotatable bonds is 5. The lowest BCUT2D eigenvalue weighted by Gasteiger charge is -2.19. The maximum absolute atomic E-state index is 5.89. The summed E-state index contributed by atoms with van der Waals surface area (Å²) in [6, 6.07) is 7.75. The topological polar surface area (TPSA) is 56.8 Å². The molecule has 18 heavy (non-hydrogen) atoms. The van der Waals surface area contributed by atoms with Crippen LogP contribution in [-0.2, 0) is 4.74 Å². The highest BCUT2D eigenvalue weighted by Gasteiger charge is 2.21. The second-order valence-corrected chi connectivity index (χ2v) is 4.71. The molecule has 0 amide bonds. The summed E-state index contributed by atoms with van der Waals surface area (Å²) in [5.74, 6) is 0.821. The van der Waals surface area contributed by atoms with E-state index in [4.69, 9.17) is 26.8 Å². The van der Waals surface area contributed by atoms with Crippen molar-refractivity contribution < 1.29 is 9.47 Å². The van der Waals surface area contributed by atoms with E-state index in [9.17, 15) is 0 Å². The zero-order valence-electron chi connectivity index (χ0n) is 10.3. The summed E-state index contributed by atoms with van der Waals surface area (Å²) in [4.78, 5) is 4.20. The molecule has 0 aliphatic carbocycles. The van der Waals surface area contributed by atoms with Crippen LogP contribution in [0.25, 0.3) is 0 Å². The van der Waals surface area contributed by atoms with Crippen LogP contribution in [0.15, 0.2) is 29.3 Å². The minimum absolute atomic E-state index is 0.0993. The number of halogens is 1. The van der Waals surface area contributed by atoms with Gasteiger partial charge in [0.2, 0.25) is 0 Å². The fourth-order valence-corrected chi connectivity index (χ4v) is 1.99. The van der Waals surface area contributed by atoms with Crippen molar-refractivity contribution in [1.29, 1.82) is 0 Å². The first-order valence-electron chi connectivity index (χ1n) is 6.05. The predicted octanol–water partition coefficient (Wildman–Crippen LogP) is 2.60. The lowest BCUT2D eigenvalue weighted by Crippen LogP contribution is -2.22. The SMILES string of the molecule is CC[C@H](CC1COC(N)=N1)Oc1ccc(Cl)cc1. The summed E-state index contributed by atoms with van der Waals surface area (Å²) in [5, 5.41) is 0.706. The zero-order chi connectivity index (χ0) is 13.0. The van der Waals surface area contributed by atoms with Crippen molar-refractivity contribution in [1.82, 2.24) is 0 Å². The van der Waals surface area contributed by atoms with Crippen LogP contribution in [0.2, 0.25) is 5.02 Å². The lowest BCUT2D eigenvalue weighted by atomic mass is 10.1. The Morgan fingerprint density at radius 1 is 1.50 bits per heavy atom. The van der Waals surface area contributed by atoms with E-state index in [1.807, 2.05) is 24.3 Å². The molecule has 4 nitrogen and oxygen atoms in total. The molecule has 1 aromatic carbocycles. The van der Waals surface area contributed by atoms with Crippen LogP contribution >= 0.6 is 11.6 Å². The molecule has 0 bridgehead atoms. The Morgan fingerprint density at radius 2 is 2.22 bits per heavy atom. The second kappa shape index (κ2) is 5.96. The van der Waals surface area contributed by atoms with Crippen molar-refractivity contribution in [2.45, 2.75) is 31.9 Å². The van der Waals surface area contributed by atoms with Gasteiger partial charge in [-0.05, 0) is 30.7 Å². The van der Waals surface area contributed by atoms with Gasteiger partial charge in [0.1, 0.15) is 18.5 Å². The molecule has 2 rings (SSSR count). The smallest absolute Gasteiger partial charge is 0.282 e. The van der Waals surface area contributed by atoms with E-state index in [-0.39, 0.29) is 18.2 Å². The first-order valence-corrected chi connectivity index (χ1v) is 6.43. The maximum atomic E-state index is 5.89. The number of amidine groups is 1. The van der Waals surface area contributed by atoms with E-state index in [0.717, 1.165) is 18.6 Å². The molecule has 0 saturated heterocycles. The Bertz CT molecular complexity index is 420. The van der Waals surface area contributed by atoms with E-state index in [0.29, 0.717) is 11.6 Å². The summed E-state index contributed by atoms with van der Waals surface area (Å²) in [5.41, 5.74) is 5.48. The molecule has 98 valence electrons. The van der Waals surface area contributed by atoms with Crippen molar-refractivity contribution >= 4 is 17.6 Å². The fourth-order valence-electron chi connectivity index (χ4n) is 1.86. The highest BCUT2D eigenvalue weighted by atomic mass is 35.5. The van der Waals surface area contributed by atoms with Crippen LogP contribution in [0.1, 0.15) is 19.8 Å². The van der Waals surface area contributed by atoms with Gasteiger partial charge in [-0.1, -0.05) is 18.5 Å². The van der Waals surface area contributed by atoms with Gasteiger partial charge >= 0.3 is 0 Å². The van der Waals surface area contributed by atoms with E-state index >= 15 is 0 Å². The normalized spacial score (nSPS) is 20.1. The molecule has 0 fully saturated rings. The van der Waals surface area contributed by atoms with Gasteiger partial charge in [0.25, 0.3) is 6.02 Å². The van der Waals surface area contributed by atoms with Crippen molar-refractivity contribution in [2.24, 2.45) is 10.7 Å². The third-order valence-corrected chi connectivity index (χ3v) is 3.09. The summed E-state index contributed by atoms with van der Waals surface area (Å²) in [6.45, 7) is 2.63. The van der Waals surface area contributed by atoms with E-state index in [2.05, 4.69) is 11.9 Å². The van der Waals surface area contributed by atoms with Gasteiger partial charge in [-0.3, -0.25) is 0 Å². The van der Waals surface area contributed by atoms with Crippen LogP contribution < -0.4 is 10.5 Å². The van der Waals surface area contributed by atoms with Gasteiger partial charge in [-0.2, -0.15) is 0 Å². The molecule has 1 aliphatic heterocycles. The highest BCUT2D eigenvalue weighted by molar-refractivity contribution is 6.30. The molecule has 1 unspecified atom stereocenters. The van der Waals surface area contributed by atoms with Gasteiger partial charge in [-0.15, -0.1) is 0 Å². The molecule has 0 aromatic heterocycles. The Balaban J connectivity index is 1.91. The quantitative estimate of drug-likeness (QED) is 0.893. The summed E-state index contributed by atoms with van der Waals surface area (Å²) < 4.78 is 11.0. The van der Waals surface area contributed by atoms with Crippen molar-refractivity contribution in [2.75, 3.05) is 6.61 Å². The highest BCUT2D eigenvalue weighted by Crippen LogP contribution is 2.20. The monoisotopic (exact) mass is 268 g/mol. The standard InChI is InChI=1S/C13H17ClN2O2/c1-2-11(7-10-8-17-13(15)16-10)18-12-5-3-9(14)4-6-12/h3-6,10-11H,2,7-8H2,1H3,(H2,15,16)/t10?,11-/m1/s1. The zero-order valence-corrected chi connectivity index (χ0v) is 11.1. The van der Waals surface area contributed by atoms with Gasteiger partial charge in [0.05, 0.1) is 6.04 Å². The minimum atomic E-state index is 0.0993. The maximum Gasteiger partial charge on any atom is 0.282 e. The van der Waals surface area contributed by atoms with Gasteiger partial charge in [-0.25, -0.2) is 4.99 Å². The minimum Gasteiger partial charge on any atom is -0.490 e. The van der Waals surface area contributed by atoms with Crippen LogP contribution in [0.3, 0.4) is 0 Å². The molecule has 0 spiro atoms. The number of aliphatic imine (C=N–C) groups is 1. The first-order chi connectivity index (χ1) is 8.67. The second-order valence-electron chi connectivity index (χ2n) is 4.27. The molecular weight excluding hydrogens is 252 g/mol. The van der Waals surface area contributed by atoms with Crippen molar-refractivity contribution in [3.05, 3.63) is 29.3 Å². The van der Waals surface area contributed by atoms with Crippen LogP contribution in [0.4, 0.5) is 0 Å². The average molecular weight is 269 g/mol. The van der Waals surface area contributed by atoms with Crippen molar-refractivity contribution in [3.63, 3.8) is 0 Å². The number of hydrogen-bond acceptors (Lipinski definition) is 4. The summed E-state index contributed by atoms with van der Waals surface area (Å²) >= 11 is 5.83. The number of benzene rings is 1. The number of nitrogens with zero attached hydrogens (tertiary/aromatic N) is 1. The number of ether oxygens (including phenoxy) is 2. The van der Waals surface area contributed by atoms with Gasteiger partial charge < -0.3 is 15.2 Å². The Morgan fingerprint density at radius 3 is 2.78 bits per heavy atom. The summed E-state index contributed by atoms with van der Waals surface area (Å²) in [6.07, 6.45) is 1.82. The molecule has 1 heterocycles. The molecule has 5 heteroatoms. The molecule has 0 saturated carbocycles. The van der Waals surface area contributed by atoms with Gasteiger partial charge in [0, 0.05) is 11.4 Å². The molecule has 1 aliphatic rings. The molecule has 0 radical (unpaired) electrons. The van der Waals surface area contributed by atoms with E-state index in [1.54, 1.807) is 0 Å². The predicted molar refractivity (Wildman–Crippen MR) is 72.1 cm³/mol. The molecular formula is C13H17ClN2O2. The fraction of sp³-hybridized carbons (Fsp3) is 0.462. The molecule has 1 aromatic rings. The van der Waals surface area contributed by atoms with Crippen LogP contribution in [0.5, 0.6) is 5.75 Å². The van der Waals surface area contributed by atoms with Crippen LogP contribution in [0, 0.1) is 0 Å². The Labute approximate surface area is 112 Å². The average Bonchev–Trinajstić information content (AvgIpc) is 2.77. The molecule has 2 atom stereocenters. The third kappa shape index (κ3) is 3.53. The van der Waals surface area contributed by atoms with Crippen LogP contribution in [-0.4, -0.2) is 24.8 Å². The van der Waals surface area contributed by atoms with Crippen molar-refractivity contribution in [3.8, 4) is 5.75 Å². The molecule has 2 N–H and O–H groups in total. The number of nitrogens with two attached hydrogens (primary N) is 1. The Kier molecular flexibility index (Phi) is 4.31. The number of hydrogen-bond donors (Lipinski definition) is 1. The van der Waals surface area contributed by atoms with E-state index < -0.39 is 0 Å². The lowest BCUT2D eigenvalue weighted by molar-refractivity contribution is 0.168. The summed E-state index contributed by atoms with van der Waals surface area (Å²) in [7, 11) is 0.